The molecule has 1 heterocycles. The van der Waals surface area contributed by atoms with Crippen molar-refractivity contribution in [2.24, 2.45) is 0 Å². The molecule has 0 spiro atoms. The zero-order chi connectivity index (χ0) is 20.2. The molecule has 0 saturated carbocycles. The van der Waals surface area contributed by atoms with Gasteiger partial charge in [0.15, 0.2) is 0 Å². The number of aliphatic hydroxyl groups excluding tert-OH is 3. The number of imidazole rings is 1. The maximum absolute atomic E-state index is 11.2. The lowest BCUT2D eigenvalue weighted by molar-refractivity contribution is 0.0430. The van der Waals surface area contributed by atoms with Gasteiger partial charge in [0, 0.05) is 5.92 Å². The summed E-state index contributed by atoms with van der Waals surface area (Å²) in [7, 11) is 0. The molecule has 5 heteroatoms. The lowest BCUT2D eigenvalue weighted by atomic mass is 9.84. The standard InChI is InChI=1S/C24H24N2O3/c27-15-17-10-12-19(13-11-17)24(29)23(18-6-2-1-3-7-18)22(28)14-26-16-25-20-8-4-5-9-21(20)26/h1-13,16,22-24,27-29H,14-15H2/t22-,23-,24+/m1/s1. The van der Waals surface area contributed by atoms with Crippen molar-refractivity contribution in [3.05, 3.63) is 102 Å². The summed E-state index contributed by atoms with van der Waals surface area (Å²) < 4.78 is 1.91. The van der Waals surface area contributed by atoms with Crippen LogP contribution in [0.15, 0.2) is 85.2 Å². The van der Waals surface area contributed by atoms with Gasteiger partial charge in [0.2, 0.25) is 0 Å². The van der Waals surface area contributed by atoms with Crippen LogP contribution in [0.25, 0.3) is 11.0 Å². The third-order valence-corrected chi connectivity index (χ3v) is 5.35. The Morgan fingerprint density at radius 2 is 1.48 bits per heavy atom. The molecule has 0 fully saturated rings. The first-order chi connectivity index (χ1) is 14.2. The van der Waals surface area contributed by atoms with Crippen molar-refractivity contribution >= 4 is 11.0 Å². The number of benzene rings is 3. The highest BCUT2D eigenvalue weighted by Crippen LogP contribution is 2.35. The topological polar surface area (TPSA) is 78.5 Å². The van der Waals surface area contributed by atoms with Gasteiger partial charge in [-0.3, -0.25) is 0 Å². The Labute approximate surface area is 169 Å². The molecule has 0 radical (unpaired) electrons. The summed E-state index contributed by atoms with van der Waals surface area (Å²) in [5.41, 5.74) is 4.16. The van der Waals surface area contributed by atoms with Crippen molar-refractivity contribution < 1.29 is 15.3 Å². The van der Waals surface area contributed by atoms with Crippen LogP contribution in [-0.4, -0.2) is 31.0 Å². The molecule has 0 aliphatic heterocycles. The number of hydrogen-bond donors (Lipinski definition) is 3. The number of nitrogens with zero attached hydrogens (tertiary/aromatic N) is 2. The van der Waals surface area contributed by atoms with E-state index in [1.54, 1.807) is 30.6 Å². The molecule has 4 rings (SSSR count). The molecule has 0 saturated heterocycles. The highest BCUT2D eigenvalue weighted by molar-refractivity contribution is 5.74. The van der Waals surface area contributed by atoms with Gasteiger partial charge in [0.25, 0.3) is 0 Å². The van der Waals surface area contributed by atoms with Gasteiger partial charge in [0.1, 0.15) is 0 Å². The predicted octanol–water partition coefficient (Wildman–Crippen LogP) is 3.41. The van der Waals surface area contributed by atoms with E-state index in [0.717, 1.165) is 22.2 Å². The van der Waals surface area contributed by atoms with Crippen LogP contribution in [-0.2, 0) is 13.2 Å². The van der Waals surface area contributed by atoms with Crippen LogP contribution in [0, 0.1) is 0 Å². The lowest BCUT2D eigenvalue weighted by Gasteiger charge is -2.29. The second kappa shape index (κ2) is 8.57. The minimum absolute atomic E-state index is 0.0468. The molecule has 1 aromatic heterocycles. The highest BCUT2D eigenvalue weighted by Gasteiger charge is 2.30. The molecule has 0 amide bonds. The second-order valence-corrected chi connectivity index (χ2v) is 7.23. The van der Waals surface area contributed by atoms with E-state index in [2.05, 4.69) is 4.98 Å². The molecule has 5 nitrogen and oxygen atoms in total. The first-order valence-corrected chi connectivity index (χ1v) is 9.68. The number of fused-ring (bicyclic) bond motifs is 1. The minimum Gasteiger partial charge on any atom is -0.392 e. The van der Waals surface area contributed by atoms with E-state index in [0.29, 0.717) is 12.1 Å². The molecule has 3 N–H and O–H groups in total. The monoisotopic (exact) mass is 388 g/mol. The van der Waals surface area contributed by atoms with Crippen LogP contribution < -0.4 is 0 Å². The minimum atomic E-state index is -0.894. The van der Waals surface area contributed by atoms with Crippen LogP contribution >= 0.6 is 0 Å². The number of para-hydroxylation sites is 2. The Balaban J connectivity index is 1.66. The molecule has 0 aliphatic rings. The molecule has 148 valence electrons. The molecular weight excluding hydrogens is 364 g/mol. The van der Waals surface area contributed by atoms with Crippen molar-refractivity contribution in [1.29, 1.82) is 0 Å². The van der Waals surface area contributed by atoms with Crippen molar-refractivity contribution in [2.75, 3.05) is 0 Å². The van der Waals surface area contributed by atoms with Gasteiger partial charge >= 0.3 is 0 Å². The number of rotatable bonds is 7. The third kappa shape index (κ3) is 4.07. The molecule has 3 aromatic carbocycles. The van der Waals surface area contributed by atoms with Crippen molar-refractivity contribution in [1.82, 2.24) is 9.55 Å². The summed E-state index contributed by atoms with van der Waals surface area (Å²) in [6.45, 7) is 0.265. The van der Waals surface area contributed by atoms with Crippen LogP contribution in [0.3, 0.4) is 0 Å². The predicted molar refractivity (Wildman–Crippen MR) is 112 cm³/mol. The van der Waals surface area contributed by atoms with E-state index in [1.807, 2.05) is 59.2 Å². The fraction of sp³-hybridized carbons (Fsp3) is 0.208. The second-order valence-electron chi connectivity index (χ2n) is 7.23. The van der Waals surface area contributed by atoms with Gasteiger partial charge in [-0.2, -0.15) is 0 Å². The Morgan fingerprint density at radius 1 is 0.793 bits per heavy atom. The number of aliphatic hydroxyl groups is 3. The largest absolute Gasteiger partial charge is 0.392 e. The molecule has 0 unspecified atom stereocenters. The first kappa shape index (κ1) is 19.3. The Hall–Kier alpha value is -2.99. The average molecular weight is 388 g/mol. The van der Waals surface area contributed by atoms with Crippen LogP contribution in [0.1, 0.15) is 28.7 Å². The Morgan fingerprint density at radius 3 is 2.21 bits per heavy atom. The highest BCUT2D eigenvalue weighted by atomic mass is 16.3. The smallest absolute Gasteiger partial charge is 0.0959 e. The van der Waals surface area contributed by atoms with Gasteiger partial charge in [-0.1, -0.05) is 66.7 Å². The summed E-state index contributed by atoms with van der Waals surface area (Å²) >= 11 is 0. The maximum Gasteiger partial charge on any atom is 0.0959 e. The molecule has 29 heavy (non-hydrogen) atoms. The van der Waals surface area contributed by atoms with E-state index >= 15 is 0 Å². The lowest BCUT2D eigenvalue weighted by Crippen LogP contribution is -2.29. The molecular formula is C24H24N2O3. The average Bonchev–Trinajstić information content (AvgIpc) is 3.17. The molecule has 0 aliphatic carbocycles. The fourth-order valence-corrected chi connectivity index (χ4v) is 3.79. The van der Waals surface area contributed by atoms with E-state index in [4.69, 9.17) is 0 Å². The summed E-state index contributed by atoms with van der Waals surface area (Å²) in [6, 6.07) is 24.5. The number of aromatic nitrogens is 2. The SMILES string of the molecule is OCc1ccc([C@H](O)[C@H](c2ccccc2)[C@H](O)Cn2cnc3ccccc32)cc1. The Bertz CT molecular complexity index is 1060. The zero-order valence-corrected chi connectivity index (χ0v) is 16.0. The van der Waals surface area contributed by atoms with Crippen LogP contribution in [0.4, 0.5) is 0 Å². The fourth-order valence-electron chi connectivity index (χ4n) is 3.79. The summed E-state index contributed by atoms with van der Waals surface area (Å²) in [5, 5.41) is 31.6. The maximum atomic E-state index is 11.2. The van der Waals surface area contributed by atoms with Gasteiger partial charge < -0.3 is 19.9 Å². The molecule has 3 atom stereocenters. The van der Waals surface area contributed by atoms with Gasteiger partial charge in [-0.05, 0) is 28.8 Å². The van der Waals surface area contributed by atoms with E-state index < -0.39 is 18.1 Å². The van der Waals surface area contributed by atoms with Crippen molar-refractivity contribution in [3.63, 3.8) is 0 Å². The number of hydrogen-bond acceptors (Lipinski definition) is 4. The van der Waals surface area contributed by atoms with Gasteiger partial charge in [-0.15, -0.1) is 0 Å². The van der Waals surface area contributed by atoms with Crippen molar-refractivity contribution in [3.8, 4) is 0 Å². The summed E-state index contributed by atoms with van der Waals surface area (Å²) in [4.78, 5) is 4.39. The normalized spacial score (nSPS) is 14.6. The quantitative estimate of drug-likeness (QED) is 0.453. The third-order valence-electron chi connectivity index (χ3n) is 5.35. The summed E-state index contributed by atoms with van der Waals surface area (Å²) in [5.74, 6) is -0.516. The van der Waals surface area contributed by atoms with Crippen molar-refractivity contribution in [2.45, 2.75) is 31.3 Å². The molecule has 4 aromatic rings. The van der Waals surface area contributed by atoms with E-state index in [-0.39, 0.29) is 6.61 Å². The van der Waals surface area contributed by atoms with E-state index in [9.17, 15) is 15.3 Å². The van der Waals surface area contributed by atoms with E-state index in [1.165, 1.54) is 0 Å². The van der Waals surface area contributed by atoms with Crippen LogP contribution in [0.5, 0.6) is 0 Å². The zero-order valence-electron chi connectivity index (χ0n) is 16.0. The van der Waals surface area contributed by atoms with Gasteiger partial charge in [-0.25, -0.2) is 4.98 Å². The molecule has 0 bridgehead atoms. The van der Waals surface area contributed by atoms with Crippen LogP contribution in [0.2, 0.25) is 0 Å². The van der Waals surface area contributed by atoms with Gasteiger partial charge in [0.05, 0.1) is 42.7 Å². The first-order valence-electron chi connectivity index (χ1n) is 9.68. The summed E-state index contributed by atoms with van der Waals surface area (Å²) in [6.07, 6.45) is -0.00398. The Kier molecular flexibility index (Phi) is 5.71.